The highest BCUT2D eigenvalue weighted by molar-refractivity contribution is 5.89. The number of carbonyl (C=O) groups excluding carboxylic acids is 1. The van der Waals surface area contributed by atoms with Crippen molar-refractivity contribution in [2.45, 2.75) is 13.3 Å². The van der Waals surface area contributed by atoms with E-state index in [4.69, 9.17) is 5.11 Å². The van der Waals surface area contributed by atoms with Crippen LogP contribution in [0.25, 0.3) is 0 Å². The normalized spacial score (nSPS) is 9.90. The first kappa shape index (κ1) is 15.8. The van der Waals surface area contributed by atoms with Gasteiger partial charge in [-0.3, -0.25) is 0 Å². The van der Waals surface area contributed by atoms with Gasteiger partial charge in [0, 0.05) is 20.1 Å². The largest absolute Gasteiger partial charge is 0.478 e. The Morgan fingerprint density at radius 2 is 2.00 bits per heavy atom. The molecule has 5 heteroatoms. The minimum atomic E-state index is -0.952. The molecule has 1 rings (SSSR count). The molecule has 0 aliphatic heterocycles. The van der Waals surface area contributed by atoms with Crippen LogP contribution in [0.15, 0.2) is 36.4 Å². The van der Waals surface area contributed by atoms with Crippen molar-refractivity contribution in [2.24, 2.45) is 0 Å². The molecule has 0 atom stereocenters. The Bertz CT molecular complexity index is 512. The molecule has 0 fully saturated rings. The summed E-state index contributed by atoms with van der Waals surface area (Å²) >= 11 is 0. The van der Waals surface area contributed by atoms with Crippen molar-refractivity contribution >= 4 is 12.0 Å². The van der Waals surface area contributed by atoms with Crippen LogP contribution in [0, 0.1) is 0 Å². The fraction of sp³-hybridized carbons (Fsp3) is 0.333. The Balaban J connectivity index is 2.51. The van der Waals surface area contributed by atoms with Gasteiger partial charge in [-0.25, -0.2) is 9.59 Å². The maximum absolute atomic E-state index is 11.7. The van der Waals surface area contributed by atoms with Crippen molar-refractivity contribution < 1.29 is 14.7 Å². The number of benzene rings is 1. The highest BCUT2D eigenvalue weighted by atomic mass is 16.4. The summed E-state index contributed by atoms with van der Waals surface area (Å²) in [5.41, 5.74) is 1.89. The van der Waals surface area contributed by atoms with Crippen molar-refractivity contribution in [3.63, 3.8) is 0 Å². The molecule has 2 N–H and O–H groups in total. The Morgan fingerprint density at radius 1 is 1.35 bits per heavy atom. The van der Waals surface area contributed by atoms with E-state index >= 15 is 0 Å². The highest BCUT2D eigenvalue weighted by Gasteiger charge is 2.10. The summed E-state index contributed by atoms with van der Waals surface area (Å²) in [6, 6.07) is 6.60. The minimum absolute atomic E-state index is 0.194. The fourth-order valence-electron chi connectivity index (χ4n) is 1.86. The van der Waals surface area contributed by atoms with E-state index in [1.807, 2.05) is 6.92 Å². The third-order valence-corrected chi connectivity index (χ3v) is 2.77. The Kier molecular flexibility index (Phi) is 5.77. The number of hydrogen-bond acceptors (Lipinski definition) is 2. The summed E-state index contributed by atoms with van der Waals surface area (Å²) in [4.78, 5) is 24.3. The SMILES string of the molecule is C=C(C)CN(C)C(=O)NCCc1ccccc1C(=O)O. The molecular weight excluding hydrogens is 256 g/mol. The zero-order valence-corrected chi connectivity index (χ0v) is 11.8. The summed E-state index contributed by atoms with van der Waals surface area (Å²) in [5.74, 6) is -0.952. The van der Waals surface area contributed by atoms with E-state index in [-0.39, 0.29) is 11.6 Å². The number of rotatable bonds is 6. The van der Waals surface area contributed by atoms with Crippen molar-refractivity contribution in [3.05, 3.63) is 47.5 Å². The van der Waals surface area contributed by atoms with Crippen LogP contribution < -0.4 is 5.32 Å². The molecule has 20 heavy (non-hydrogen) atoms. The van der Waals surface area contributed by atoms with Gasteiger partial charge >= 0.3 is 12.0 Å². The molecule has 0 aliphatic rings. The number of carboxylic acids is 1. The maximum atomic E-state index is 11.7. The quantitative estimate of drug-likeness (QED) is 0.782. The van der Waals surface area contributed by atoms with Crippen molar-refractivity contribution in [1.82, 2.24) is 10.2 Å². The minimum Gasteiger partial charge on any atom is -0.478 e. The van der Waals surface area contributed by atoms with E-state index in [1.165, 1.54) is 4.90 Å². The van der Waals surface area contributed by atoms with Crippen molar-refractivity contribution in [3.8, 4) is 0 Å². The van der Waals surface area contributed by atoms with Crippen molar-refractivity contribution in [2.75, 3.05) is 20.1 Å². The first-order valence-electron chi connectivity index (χ1n) is 6.36. The third kappa shape index (κ3) is 4.76. The summed E-state index contributed by atoms with van der Waals surface area (Å²) in [7, 11) is 1.69. The van der Waals surface area contributed by atoms with Crippen LogP contribution in [0.3, 0.4) is 0 Å². The maximum Gasteiger partial charge on any atom is 0.335 e. The lowest BCUT2D eigenvalue weighted by molar-refractivity contribution is 0.0695. The number of nitrogens with one attached hydrogen (secondary N) is 1. The summed E-state index contributed by atoms with van der Waals surface area (Å²) in [5, 5.41) is 11.8. The first-order chi connectivity index (χ1) is 9.41. The molecule has 0 aromatic heterocycles. The number of aromatic carboxylic acids is 1. The van der Waals surface area contributed by atoms with Gasteiger partial charge in [-0.2, -0.15) is 0 Å². The first-order valence-corrected chi connectivity index (χ1v) is 6.36. The molecule has 0 saturated heterocycles. The summed E-state index contributed by atoms with van der Waals surface area (Å²) in [6.07, 6.45) is 0.481. The van der Waals surface area contributed by atoms with Crippen LogP contribution in [0.2, 0.25) is 0 Å². The Labute approximate surface area is 118 Å². The lowest BCUT2D eigenvalue weighted by atomic mass is 10.0. The van der Waals surface area contributed by atoms with Gasteiger partial charge in [0.1, 0.15) is 0 Å². The number of urea groups is 1. The average Bonchev–Trinajstić information content (AvgIpc) is 2.38. The van der Waals surface area contributed by atoms with Gasteiger partial charge in [-0.05, 0) is 25.0 Å². The van der Waals surface area contributed by atoms with E-state index < -0.39 is 5.97 Å². The molecule has 0 heterocycles. The standard InChI is InChI=1S/C15H20N2O3/c1-11(2)10-17(3)15(20)16-9-8-12-6-4-5-7-13(12)14(18)19/h4-7H,1,8-10H2,2-3H3,(H,16,20)(H,18,19). The molecule has 0 unspecified atom stereocenters. The van der Waals surface area contributed by atoms with Gasteiger partial charge in [0.15, 0.2) is 0 Å². The number of hydrogen-bond donors (Lipinski definition) is 2. The monoisotopic (exact) mass is 276 g/mol. The van der Waals surface area contributed by atoms with Crippen LogP contribution in [-0.4, -0.2) is 42.1 Å². The number of likely N-dealkylation sites (N-methyl/N-ethyl adjacent to an activating group) is 1. The van der Waals surface area contributed by atoms with E-state index in [9.17, 15) is 9.59 Å². The zero-order valence-electron chi connectivity index (χ0n) is 11.8. The molecule has 0 radical (unpaired) electrons. The molecular formula is C15H20N2O3. The zero-order chi connectivity index (χ0) is 15.1. The predicted molar refractivity (Wildman–Crippen MR) is 77.9 cm³/mol. The number of carboxylic acid groups (broad SMARTS) is 1. The number of carbonyl (C=O) groups is 2. The summed E-state index contributed by atoms with van der Waals surface area (Å²) in [6.45, 7) is 6.49. The van der Waals surface area contributed by atoms with Gasteiger partial charge in [0.05, 0.1) is 5.56 Å². The lowest BCUT2D eigenvalue weighted by Crippen LogP contribution is -2.39. The molecule has 2 amide bonds. The van der Waals surface area contributed by atoms with Gasteiger partial charge in [-0.15, -0.1) is 0 Å². The van der Waals surface area contributed by atoms with Crippen LogP contribution >= 0.6 is 0 Å². The lowest BCUT2D eigenvalue weighted by Gasteiger charge is -2.18. The molecule has 0 spiro atoms. The number of nitrogens with zero attached hydrogens (tertiary/aromatic N) is 1. The molecule has 0 aliphatic carbocycles. The van der Waals surface area contributed by atoms with Crippen molar-refractivity contribution in [1.29, 1.82) is 0 Å². The average molecular weight is 276 g/mol. The van der Waals surface area contributed by atoms with Gasteiger partial charge < -0.3 is 15.3 Å². The van der Waals surface area contributed by atoms with Crippen LogP contribution in [0.1, 0.15) is 22.8 Å². The molecule has 0 saturated carbocycles. The topological polar surface area (TPSA) is 69.6 Å². The predicted octanol–water partition coefficient (Wildman–Crippen LogP) is 2.14. The highest BCUT2D eigenvalue weighted by Crippen LogP contribution is 2.09. The fourth-order valence-corrected chi connectivity index (χ4v) is 1.86. The molecule has 108 valence electrons. The molecule has 1 aromatic rings. The second-order valence-electron chi connectivity index (χ2n) is 4.76. The van der Waals surface area contributed by atoms with Crippen LogP contribution in [0.4, 0.5) is 4.79 Å². The molecule has 5 nitrogen and oxygen atoms in total. The van der Waals surface area contributed by atoms with Crippen LogP contribution in [0.5, 0.6) is 0 Å². The van der Waals surface area contributed by atoms with Gasteiger partial charge in [0.2, 0.25) is 0 Å². The third-order valence-electron chi connectivity index (χ3n) is 2.77. The van der Waals surface area contributed by atoms with Crippen LogP contribution in [-0.2, 0) is 6.42 Å². The van der Waals surface area contributed by atoms with E-state index in [2.05, 4.69) is 11.9 Å². The Hall–Kier alpha value is -2.30. The van der Waals surface area contributed by atoms with E-state index in [0.29, 0.717) is 25.1 Å². The summed E-state index contributed by atoms with van der Waals surface area (Å²) < 4.78 is 0. The van der Waals surface area contributed by atoms with E-state index in [1.54, 1.807) is 31.3 Å². The Morgan fingerprint density at radius 3 is 2.60 bits per heavy atom. The van der Waals surface area contributed by atoms with E-state index in [0.717, 1.165) is 5.57 Å². The molecule has 0 bridgehead atoms. The molecule has 1 aromatic carbocycles. The smallest absolute Gasteiger partial charge is 0.335 e. The second-order valence-corrected chi connectivity index (χ2v) is 4.76. The number of amides is 2. The van der Waals surface area contributed by atoms with Gasteiger partial charge in [-0.1, -0.05) is 30.4 Å². The second kappa shape index (κ2) is 7.33. The van der Waals surface area contributed by atoms with Gasteiger partial charge in [0.25, 0.3) is 0 Å².